The molecule has 1 aromatic heterocycles. The van der Waals surface area contributed by atoms with E-state index in [2.05, 4.69) is 4.72 Å². The molecule has 6 heteroatoms. The Balaban J connectivity index is 1.55. The highest BCUT2D eigenvalue weighted by atomic mass is 32.2. The molecule has 29 heavy (non-hydrogen) atoms. The van der Waals surface area contributed by atoms with Crippen LogP contribution in [0.1, 0.15) is 24.0 Å². The number of sulfonamides is 1. The molecule has 0 saturated carbocycles. The second-order valence-electron chi connectivity index (χ2n) is 7.39. The first kappa shape index (κ1) is 18.1. The van der Waals surface area contributed by atoms with E-state index in [9.17, 15) is 8.42 Å². The number of aryl methyl sites for hydroxylation is 2. The van der Waals surface area contributed by atoms with Crippen LogP contribution < -0.4 is 9.46 Å². The third-order valence-electron chi connectivity index (χ3n) is 5.55. The van der Waals surface area contributed by atoms with Crippen molar-refractivity contribution in [1.82, 2.24) is 0 Å². The van der Waals surface area contributed by atoms with Gasteiger partial charge in [-0.05, 0) is 67.1 Å². The summed E-state index contributed by atoms with van der Waals surface area (Å²) >= 11 is 0. The summed E-state index contributed by atoms with van der Waals surface area (Å²) < 4.78 is 40.3. The Kier molecular flexibility index (Phi) is 4.24. The maximum Gasteiger partial charge on any atom is 0.265 e. The standard InChI is InChI=1S/C23H21NO4S/c1-27-22-12-15-6-2-3-7-16(15)13-23(22)29(25,26)24-17-10-11-19-18-8-4-5-9-20(18)28-21(19)14-17/h4-5,8-14,24H,2-3,6-7H2,1H3. The molecule has 0 spiro atoms. The van der Waals surface area contributed by atoms with Crippen LogP contribution in [0.5, 0.6) is 5.75 Å². The first-order valence-electron chi connectivity index (χ1n) is 9.69. The van der Waals surface area contributed by atoms with E-state index in [4.69, 9.17) is 9.15 Å². The van der Waals surface area contributed by atoms with Crippen molar-refractivity contribution in [2.75, 3.05) is 11.8 Å². The van der Waals surface area contributed by atoms with E-state index in [0.29, 0.717) is 17.0 Å². The topological polar surface area (TPSA) is 68.5 Å². The van der Waals surface area contributed by atoms with Crippen molar-refractivity contribution in [2.45, 2.75) is 30.6 Å². The SMILES string of the molecule is COc1cc2c(cc1S(=O)(=O)Nc1ccc3c(c1)oc1ccccc13)CCCC2. The number of fused-ring (bicyclic) bond motifs is 4. The maximum absolute atomic E-state index is 13.2. The minimum atomic E-state index is -3.80. The molecule has 0 unspecified atom stereocenters. The monoisotopic (exact) mass is 407 g/mol. The van der Waals surface area contributed by atoms with Crippen molar-refractivity contribution in [3.05, 3.63) is 65.7 Å². The fourth-order valence-corrected chi connectivity index (χ4v) is 5.36. The number of methoxy groups -OCH3 is 1. The number of furan rings is 1. The number of ether oxygens (including phenoxy) is 1. The van der Waals surface area contributed by atoms with Crippen molar-refractivity contribution < 1.29 is 17.6 Å². The number of rotatable bonds is 4. The highest BCUT2D eigenvalue weighted by Crippen LogP contribution is 2.34. The smallest absolute Gasteiger partial charge is 0.265 e. The molecule has 0 fully saturated rings. The fraction of sp³-hybridized carbons (Fsp3) is 0.217. The van der Waals surface area contributed by atoms with Gasteiger partial charge in [-0.25, -0.2) is 8.42 Å². The summed E-state index contributed by atoms with van der Waals surface area (Å²) in [7, 11) is -2.30. The summed E-state index contributed by atoms with van der Waals surface area (Å²) in [6.45, 7) is 0. The number of anilines is 1. The Morgan fingerprint density at radius 1 is 0.897 bits per heavy atom. The van der Waals surface area contributed by atoms with Gasteiger partial charge in [0.15, 0.2) is 0 Å². The van der Waals surface area contributed by atoms with Crippen molar-refractivity contribution in [3.63, 3.8) is 0 Å². The van der Waals surface area contributed by atoms with E-state index in [1.807, 2.05) is 36.4 Å². The lowest BCUT2D eigenvalue weighted by atomic mass is 9.92. The van der Waals surface area contributed by atoms with Gasteiger partial charge in [0.2, 0.25) is 0 Å². The lowest BCUT2D eigenvalue weighted by molar-refractivity contribution is 0.401. The summed E-state index contributed by atoms with van der Waals surface area (Å²) in [5.74, 6) is 0.378. The molecule has 0 amide bonds. The zero-order valence-electron chi connectivity index (χ0n) is 16.1. The molecular weight excluding hydrogens is 386 g/mol. The molecule has 1 aliphatic rings. The van der Waals surface area contributed by atoms with Crippen molar-refractivity contribution in [1.29, 1.82) is 0 Å². The molecule has 0 atom stereocenters. The van der Waals surface area contributed by atoms with Gasteiger partial charge in [0.25, 0.3) is 10.0 Å². The Morgan fingerprint density at radius 3 is 2.41 bits per heavy atom. The van der Waals surface area contributed by atoms with Gasteiger partial charge in [-0.2, -0.15) is 0 Å². The molecule has 0 aliphatic heterocycles. The lowest BCUT2D eigenvalue weighted by Crippen LogP contribution is -2.16. The van der Waals surface area contributed by atoms with Crippen LogP contribution in [0.15, 0.2) is 63.9 Å². The van der Waals surface area contributed by atoms with E-state index in [1.54, 1.807) is 18.2 Å². The van der Waals surface area contributed by atoms with Crippen LogP contribution in [-0.2, 0) is 22.9 Å². The fourth-order valence-electron chi connectivity index (χ4n) is 4.11. The molecule has 5 nitrogen and oxygen atoms in total. The van der Waals surface area contributed by atoms with Crippen LogP contribution >= 0.6 is 0 Å². The molecular formula is C23H21NO4S. The van der Waals surface area contributed by atoms with E-state index >= 15 is 0 Å². The van der Waals surface area contributed by atoms with Gasteiger partial charge in [0.1, 0.15) is 21.8 Å². The van der Waals surface area contributed by atoms with E-state index < -0.39 is 10.0 Å². The third kappa shape index (κ3) is 3.13. The molecule has 1 heterocycles. The van der Waals surface area contributed by atoms with Gasteiger partial charge in [-0.1, -0.05) is 18.2 Å². The molecule has 1 N–H and O–H groups in total. The van der Waals surface area contributed by atoms with Crippen LogP contribution in [0.3, 0.4) is 0 Å². The maximum atomic E-state index is 13.2. The first-order chi connectivity index (χ1) is 14.0. The van der Waals surface area contributed by atoms with E-state index in [0.717, 1.165) is 47.6 Å². The van der Waals surface area contributed by atoms with Gasteiger partial charge in [0, 0.05) is 16.8 Å². The van der Waals surface area contributed by atoms with Crippen LogP contribution in [0, 0.1) is 0 Å². The highest BCUT2D eigenvalue weighted by Gasteiger charge is 2.23. The van der Waals surface area contributed by atoms with E-state index in [-0.39, 0.29) is 4.90 Å². The summed E-state index contributed by atoms with van der Waals surface area (Å²) in [5, 5.41) is 1.96. The van der Waals surface area contributed by atoms with Gasteiger partial charge < -0.3 is 9.15 Å². The molecule has 0 bridgehead atoms. The molecule has 0 radical (unpaired) electrons. The normalized spacial score (nSPS) is 14.1. The van der Waals surface area contributed by atoms with Crippen molar-refractivity contribution in [2.24, 2.45) is 0 Å². The number of hydrogen-bond donors (Lipinski definition) is 1. The second-order valence-corrected chi connectivity index (χ2v) is 9.04. The van der Waals surface area contributed by atoms with Gasteiger partial charge >= 0.3 is 0 Å². The summed E-state index contributed by atoms with van der Waals surface area (Å²) in [4.78, 5) is 0.172. The van der Waals surface area contributed by atoms with Gasteiger partial charge in [-0.3, -0.25) is 4.72 Å². The Hall–Kier alpha value is -2.99. The molecule has 1 aliphatic carbocycles. The Labute approximate surface area is 169 Å². The van der Waals surface area contributed by atoms with Crippen LogP contribution in [-0.4, -0.2) is 15.5 Å². The number of para-hydroxylation sites is 1. The Morgan fingerprint density at radius 2 is 1.62 bits per heavy atom. The van der Waals surface area contributed by atoms with Crippen LogP contribution in [0.2, 0.25) is 0 Å². The largest absolute Gasteiger partial charge is 0.495 e. The van der Waals surface area contributed by atoms with Crippen molar-refractivity contribution in [3.8, 4) is 5.75 Å². The molecule has 0 saturated heterocycles. The minimum Gasteiger partial charge on any atom is -0.495 e. The van der Waals surface area contributed by atoms with Crippen LogP contribution in [0.25, 0.3) is 21.9 Å². The summed E-state index contributed by atoms with van der Waals surface area (Å²) in [5.41, 5.74) is 4.14. The average Bonchev–Trinajstić information content (AvgIpc) is 3.10. The number of hydrogen-bond acceptors (Lipinski definition) is 4. The predicted octanol–water partition coefficient (Wildman–Crippen LogP) is 5.27. The average molecular weight is 407 g/mol. The molecule has 148 valence electrons. The quantitative estimate of drug-likeness (QED) is 0.500. The van der Waals surface area contributed by atoms with Gasteiger partial charge in [0.05, 0.1) is 12.8 Å². The first-order valence-corrected chi connectivity index (χ1v) is 11.2. The summed E-state index contributed by atoms with van der Waals surface area (Å²) in [6, 6.07) is 16.7. The van der Waals surface area contributed by atoms with Crippen molar-refractivity contribution >= 4 is 37.6 Å². The van der Waals surface area contributed by atoms with Crippen LogP contribution in [0.4, 0.5) is 5.69 Å². The zero-order chi connectivity index (χ0) is 20.0. The zero-order valence-corrected chi connectivity index (χ0v) is 16.9. The predicted molar refractivity (Wildman–Crippen MR) is 114 cm³/mol. The highest BCUT2D eigenvalue weighted by molar-refractivity contribution is 7.92. The number of nitrogens with one attached hydrogen (secondary N) is 1. The molecule has 3 aromatic carbocycles. The molecule has 5 rings (SSSR count). The minimum absolute atomic E-state index is 0.172. The van der Waals surface area contributed by atoms with Gasteiger partial charge in [-0.15, -0.1) is 0 Å². The summed E-state index contributed by atoms with van der Waals surface area (Å²) in [6.07, 6.45) is 4.06. The Bertz CT molecular complexity index is 1340. The molecule has 4 aromatic rings. The lowest BCUT2D eigenvalue weighted by Gasteiger charge is -2.19. The van der Waals surface area contributed by atoms with E-state index in [1.165, 1.54) is 12.7 Å². The third-order valence-corrected chi connectivity index (χ3v) is 6.95. The second kappa shape index (κ2) is 6.81. The number of benzene rings is 3.